The standard InChI is InChI=1S/C21H23NO3/c1-2-15-10-12-17(13-11-15)21(24)25-14-20(23)22-19-9-5-7-16-6-3-4-8-18(16)19/h3-4,6,8,10-13,19H,2,5,7,9,14H2,1H3,(H,22,23)/t19-/m0/s1. The van der Waals surface area contributed by atoms with Crippen LogP contribution in [0, 0.1) is 0 Å². The highest BCUT2D eigenvalue weighted by Gasteiger charge is 2.21. The number of carbonyl (C=O) groups is 2. The van der Waals surface area contributed by atoms with Crippen LogP contribution >= 0.6 is 0 Å². The van der Waals surface area contributed by atoms with Crippen LogP contribution in [0.3, 0.4) is 0 Å². The van der Waals surface area contributed by atoms with Crippen molar-refractivity contribution in [3.63, 3.8) is 0 Å². The Morgan fingerprint density at radius 1 is 1.12 bits per heavy atom. The summed E-state index contributed by atoms with van der Waals surface area (Å²) in [5.74, 6) is -0.734. The quantitative estimate of drug-likeness (QED) is 0.848. The summed E-state index contributed by atoms with van der Waals surface area (Å²) < 4.78 is 5.14. The Kier molecular flexibility index (Phi) is 5.49. The Morgan fingerprint density at radius 3 is 2.64 bits per heavy atom. The smallest absolute Gasteiger partial charge is 0.338 e. The summed E-state index contributed by atoms with van der Waals surface area (Å²) in [4.78, 5) is 24.2. The number of ether oxygens (including phenoxy) is 1. The fourth-order valence-electron chi connectivity index (χ4n) is 3.23. The second-order valence-corrected chi connectivity index (χ2v) is 6.34. The van der Waals surface area contributed by atoms with Crippen LogP contribution in [0.2, 0.25) is 0 Å². The van der Waals surface area contributed by atoms with Gasteiger partial charge in [-0.05, 0) is 54.5 Å². The molecule has 0 fully saturated rings. The summed E-state index contributed by atoms with van der Waals surface area (Å²) in [6.07, 6.45) is 3.92. The van der Waals surface area contributed by atoms with E-state index in [4.69, 9.17) is 4.74 Å². The van der Waals surface area contributed by atoms with Crippen molar-refractivity contribution in [3.05, 3.63) is 70.8 Å². The van der Waals surface area contributed by atoms with Crippen molar-refractivity contribution in [1.82, 2.24) is 5.32 Å². The molecule has 0 spiro atoms. The monoisotopic (exact) mass is 337 g/mol. The zero-order valence-corrected chi connectivity index (χ0v) is 14.5. The number of hydrogen-bond donors (Lipinski definition) is 1. The van der Waals surface area contributed by atoms with Gasteiger partial charge >= 0.3 is 5.97 Å². The lowest BCUT2D eigenvalue weighted by Gasteiger charge is -2.26. The molecule has 1 amide bonds. The third kappa shape index (κ3) is 4.27. The third-order valence-electron chi connectivity index (χ3n) is 4.64. The normalized spacial score (nSPS) is 16.0. The van der Waals surface area contributed by atoms with Gasteiger partial charge in [0, 0.05) is 0 Å². The summed E-state index contributed by atoms with van der Waals surface area (Å²) in [6.45, 7) is 1.80. The predicted octanol–water partition coefficient (Wildman–Crippen LogP) is 3.60. The van der Waals surface area contributed by atoms with Crippen LogP contribution in [0.5, 0.6) is 0 Å². The van der Waals surface area contributed by atoms with Crippen LogP contribution in [0.4, 0.5) is 0 Å². The molecule has 0 aromatic heterocycles. The fourth-order valence-corrected chi connectivity index (χ4v) is 3.23. The molecule has 1 N–H and O–H groups in total. The number of esters is 1. The lowest BCUT2D eigenvalue weighted by Crippen LogP contribution is -2.34. The predicted molar refractivity (Wildman–Crippen MR) is 96.4 cm³/mol. The number of carbonyl (C=O) groups excluding carboxylic acids is 2. The number of hydrogen-bond acceptors (Lipinski definition) is 3. The van der Waals surface area contributed by atoms with E-state index in [1.54, 1.807) is 12.1 Å². The highest BCUT2D eigenvalue weighted by atomic mass is 16.5. The van der Waals surface area contributed by atoms with Gasteiger partial charge in [-0.25, -0.2) is 4.79 Å². The van der Waals surface area contributed by atoms with Crippen molar-refractivity contribution >= 4 is 11.9 Å². The van der Waals surface area contributed by atoms with Crippen molar-refractivity contribution in [3.8, 4) is 0 Å². The minimum atomic E-state index is -0.471. The number of benzene rings is 2. The van der Waals surface area contributed by atoms with E-state index in [0.717, 1.165) is 31.2 Å². The number of nitrogens with one attached hydrogen (secondary N) is 1. The maximum absolute atomic E-state index is 12.2. The van der Waals surface area contributed by atoms with Crippen LogP contribution in [-0.4, -0.2) is 18.5 Å². The van der Waals surface area contributed by atoms with Crippen molar-refractivity contribution in [1.29, 1.82) is 0 Å². The second kappa shape index (κ2) is 7.97. The molecule has 2 aromatic rings. The maximum Gasteiger partial charge on any atom is 0.338 e. The first-order valence-electron chi connectivity index (χ1n) is 8.80. The highest BCUT2D eigenvalue weighted by Crippen LogP contribution is 2.29. The van der Waals surface area contributed by atoms with E-state index >= 15 is 0 Å². The third-order valence-corrected chi connectivity index (χ3v) is 4.64. The Hall–Kier alpha value is -2.62. The second-order valence-electron chi connectivity index (χ2n) is 6.34. The lowest BCUT2D eigenvalue weighted by atomic mass is 9.88. The molecule has 0 heterocycles. The molecule has 0 unspecified atom stereocenters. The Morgan fingerprint density at radius 2 is 1.88 bits per heavy atom. The molecule has 0 saturated carbocycles. The van der Waals surface area contributed by atoms with Gasteiger partial charge in [-0.3, -0.25) is 4.79 Å². The molecule has 25 heavy (non-hydrogen) atoms. The van der Waals surface area contributed by atoms with E-state index in [2.05, 4.69) is 24.4 Å². The first-order valence-corrected chi connectivity index (χ1v) is 8.80. The molecule has 1 aliphatic rings. The molecule has 0 bridgehead atoms. The zero-order chi connectivity index (χ0) is 17.6. The topological polar surface area (TPSA) is 55.4 Å². The van der Waals surface area contributed by atoms with Crippen LogP contribution in [0.15, 0.2) is 48.5 Å². The maximum atomic E-state index is 12.2. The molecule has 1 atom stereocenters. The number of rotatable bonds is 5. The lowest BCUT2D eigenvalue weighted by molar-refractivity contribution is -0.125. The molecule has 0 radical (unpaired) electrons. The van der Waals surface area contributed by atoms with Gasteiger partial charge in [0.15, 0.2) is 6.61 Å². The summed E-state index contributed by atoms with van der Waals surface area (Å²) in [7, 11) is 0. The van der Waals surface area contributed by atoms with Crippen LogP contribution < -0.4 is 5.32 Å². The molecule has 4 nitrogen and oxygen atoms in total. The molecule has 0 saturated heterocycles. The van der Waals surface area contributed by atoms with Gasteiger partial charge in [-0.15, -0.1) is 0 Å². The average molecular weight is 337 g/mol. The summed E-state index contributed by atoms with van der Waals surface area (Å²) in [5.41, 5.74) is 4.08. The van der Waals surface area contributed by atoms with Gasteiger partial charge in [-0.1, -0.05) is 43.3 Å². The number of aryl methyl sites for hydroxylation is 2. The fraction of sp³-hybridized carbons (Fsp3) is 0.333. The van der Waals surface area contributed by atoms with Gasteiger partial charge in [0.05, 0.1) is 11.6 Å². The van der Waals surface area contributed by atoms with Crippen LogP contribution in [0.1, 0.15) is 52.9 Å². The van der Waals surface area contributed by atoms with E-state index < -0.39 is 5.97 Å². The summed E-state index contributed by atoms with van der Waals surface area (Å²) in [5, 5.41) is 2.98. The highest BCUT2D eigenvalue weighted by molar-refractivity contribution is 5.91. The first kappa shape index (κ1) is 17.2. The molecule has 0 aliphatic heterocycles. The average Bonchev–Trinajstić information content (AvgIpc) is 2.66. The van der Waals surface area contributed by atoms with E-state index in [0.29, 0.717) is 5.56 Å². The number of fused-ring (bicyclic) bond motifs is 1. The van der Waals surface area contributed by atoms with Crippen molar-refractivity contribution in [2.45, 2.75) is 38.6 Å². The molecule has 130 valence electrons. The number of amides is 1. The Labute approximate surface area is 148 Å². The van der Waals surface area contributed by atoms with Crippen molar-refractivity contribution in [2.75, 3.05) is 6.61 Å². The Bertz CT molecular complexity index is 752. The summed E-state index contributed by atoms with van der Waals surface area (Å²) in [6, 6.07) is 15.4. The molecule has 1 aliphatic carbocycles. The van der Waals surface area contributed by atoms with Gasteiger partial charge in [0.25, 0.3) is 5.91 Å². The van der Waals surface area contributed by atoms with Gasteiger partial charge < -0.3 is 10.1 Å². The van der Waals surface area contributed by atoms with Crippen LogP contribution in [0.25, 0.3) is 0 Å². The molecular formula is C21H23NO3. The van der Waals surface area contributed by atoms with Gasteiger partial charge in [0.1, 0.15) is 0 Å². The van der Waals surface area contributed by atoms with E-state index in [1.807, 2.05) is 24.3 Å². The Balaban J connectivity index is 1.54. The zero-order valence-electron chi connectivity index (χ0n) is 14.5. The largest absolute Gasteiger partial charge is 0.452 e. The van der Waals surface area contributed by atoms with Gasteiger partial charge in [-0.2, -0.15) is 0 Å². The minimum Gasteiger partial charge on any atom is -0.452 e. The molecule has 2 aromatic carbocycles. The van der Waals surface area contributed by atoms with Gasteiger partial charge in [0.2, 0.25) is 0 Å². The first-order chi connectivity index (χ1) is 12.2. The molecule has 4 heteroatoms. The van der Waals surface area contributed by atoms with E-state index in [9.17, 15) is 9.59 Å². The van der Waals surface area contributed by atoms with Crippen molar-refractivity contribution < 1.29 is 14.3 Å². The van der Waals surface area contributed by atoms with Crippen molar-refractivity contribution in [2.24, 2.45) is 0 Å². The van der Waals surface area contributed by atoms with E-state index in [1.165, 1.54) is 11.1 Å². The molecular weight excluding hydrogens is 314 g/mol. The SMILES string of the molecule is CCc1ccc(C(=O)OCC(=O)N[C@H]2CCCc3ccccc32)cc1. The van der Waals surface area contributed by atoms with E-state index in [-0.39, 0.29) is 18.6 Å². The summed E-state index contributed by atoms with van der Waals surface area (Å²) >= 11 is 0. The molecule has 3 rings (SSSR count). The minimum absolute atomic E-state index is 0.00000952. The van der Waals surface area contributed by atoms with Crippen LogP contribution in [-0.2, 0) is 22.4 Å².